The van der Waals surface area contributed by atoms with Crippen LogP contribution >= 0.6 is 0 Å². The molecule has 0 aliphatic heterocycles. The van der Waals surface area contributed by atoms with E-state index >= 15 is 0 Å². The van der Waals surface area contributed by atoms with Gasteiger partial charge in [0.1, 0.15) is 0 Å². The summed E-state index contributed by atoms with van der Waals surface area (Å²) >= 11 is 0. The molecule has 3 rings (SSSR count). The molecule has 0 atom stereocenters. The number of carbonyl (C=O) groups is 1. The Morgan fingerprint density at radius 2 is 1.52 bits per heavy atom. The summed E-state index contributed by atoms with van der Waals surface area (Å²) in [6.07, 6.45) is 1.45. The Morgan fingerprint density at radius 1 is 0.870 bits per heavy atom. The van der Waals surface area contributed by atoms with Crippen molar-refractivity contribution >= 4 is 26.4 Å². The van der Waals surface area contributed by atoms with E-state index in [1.807, 2.05) is 42.5 Å². The summed E-state index contributed by atoms with van der Waals surface area (Å²) in [5, 5.41) is 2.24. The Balaban J connectivity index is 1.82. The van der Waals surface area contributed by atoms with Crippen LogP contribution in [-0.2, 0) is 16.3 Å². The van der Waals surface area contributed by atoms with Crippen LogP contribution in [-0.4, -0.2) is 20.5 Å². The van der Waals surface area contributed by atoms with E-state index in [-0.39, 0.29) is 10.7 Å². The second kappa shape index (κ2) is 5.97. The van der Waals surface area contributed by atoms with Crippen LogP contribution < -0.4 is 0 Å². The molecule has 0 aliphatic carbocycles. The van der Waals surface area contributed by atoms with E-state index in [2.05, 4.69) is 0 Å². The lowest BCUT2D eigenvalue weighted by molar-refractivity contribution is 0.0993. The molecule has 0 bridgehead atoms. The molecule has 116 valence electrons. The van der Waals surface area contributed by atoms with Gasteiger partial charge in [-0.25, -0.2) is 8.42 Å². The average Bonchev–Trinajstić information content (AvgIpc) is 2.54. The number of rotatable bonds is 4. The van der Waals surface area contributed by atoms with Crippen LogP contribution in [0.1, 0.15) is 15.9 Å². The van der Waals surface area contributed by atoms with Gasteiger partial charge >= 0.3 is 0 Å². The quantitative estimate of drug-likeness (QED) is 0.688. The van der Waals surface area contributed by atoms with Gasteiger partial charge in [0.05, 0.1) is 4.90 Å². The Bertz CT molecular complexity index is 971. The van der Waals surface area contributed by atoms with Gasteiger partial charge in [-0.05, 0) is 28.5 Å². The van der Waals surface area contributed by atoms with Gasteiger partial charge in [0.15, 0.2) is 15.6 Å². The summed E-state index contributed by atoms with van der Waals surface area (Å²) in [4.78, 5) is 12.6. The van der Waals surface area contributed by atoms with Crippen LogP contribution in [0.3, 0.4) is 0 Å². The van der Waals surface area contributed by atoms with E-state index in [0.717, 1.165) is 22.6 Å². The molecule has 0 fully saturated rings. The molecule has 4 heteroatoms. The lowest BCUT2D eigenvalue weighted by Gasteiger charge is -2.05. The first-order valence-electron chi connectivity index (χ1n) is 7.24. The molecular weight excluding hydrogens is 308 g/mol. The van der Waals surface area contributed by atoms with Crippen LogP contribution in [0.25, 0.3) is 10.8 Å². The van der Waals surface area contributed by atoms with Crippen LogP contribution in [0, 0.1) is 0 Å². The van der Waals surface area contributed by atoms with Crippen molar-refractivity contribution in [2.75, 3.05) is 6.26 Å². The summed E-state index contributed by atoms with van der Waals surface area (Å²) in [6, 6.07) is 20.1. The minimum absolute atomic E-state index is 0.0275. The molecule has 3 aromatic carbocycles. The van der Waals surface area contributed by atoms with Crippen LogP contribution in [0.5, 0.6) is 0 Å². The first-order chi connectivity index (χ1) is 10.9. The van der Waals surface area contributed by atoms with Crippen molar-refractivity contribution in [1.82, 2.24) is 0 Å². The zero-order chi connectivity index (χ0) is 16.4. The molecular formula is C19H16O3S. The van der Waals surface area contributed by atoms with E-state index in [1.54, 1.807) is 12.1 Å². The number of ketones is 1. The Morgan fingerprint density at radius 3 is 2.17 bits per heavy atom. The maximum Gasteiger partial charge on any atom is 0.175 e. The molecule has 0 aromatic heterocycles. The van der Waals surface area contributed by atoms with Gasteiger partial charge in [0, 0.05) is 18.2 Å². The lowest BCUT2D eigenvalue weighted by atomic mass is 10.0. The zero-order valence-corrected chi connectivity index (χ0v) is 13.5. The van der Waals surface area contributed by atoms with Gasteiger partial charge in [-0.2, -0.15) is 0 Å². The number of fused-ring (bicyclic) bond motifs is 1. The monoisotopic (exact) mass is 324 g/mol. The molecule has 0 N–H and O–H groups in total. The average molecular weight is 324 g/mol. The number of benzene rings is 3. The summed E-state index contributed by atoms with van der Waals surface area (Å²) in [7, 11) is -3.24. The molecule has 0 saturated heterocycles. The topological polar surface area (TPSA) is 51.2 Å². The Kier molecular flexibility index (Phi) is 4.01. The fraction of sp³-hybridized carbons (Fsp3) is 0.105. The Labute approximate surface area is 135 Å². The van der Waals surface area contributed by atoms with Gasteiger partial charge in [-0.15, -0.1) is 0 Å². The highest BCUT2D eigenvalue weighted by Gasteiger charge is 2.11. The standard InChI is InChI=1S/C19H16O3S/c1-23(21,22)18-10-8-16(9-11-18)19(20)13-14-6-7-15-4-2-3-5-17(15)12-14/h2-12H,13H2,1H3. The van der Waals surface area contributed by atoms with Crippen molar-refractivity contribution in [3.05, 3.63) is 77.9 Å². The third-order valence-corrected chi connectivity index (χ3v) is 4.91. The van der Waals surface area contributed by atoms with Crippen LogP contribution in [0.15, 0.2) is 71.6 Å². The van der Waals surface area contributed by atoms with E-state index in [1.165, 1.54) is 12.1 Å². The minimum Gasteiger partial charge on any atom is -0.294 e. The van der Waals surface area contributed by atoms with Crippen molar-refractivity contribution in [3.8, 4) is 0 Å². The summed E-state index contributed by atoms with van der Waals surface area (Å²) in [6.45, 7) is 0. The van der Waals surface area contributed by atoms with Gasteiger partial charge in [-0.3, -0.25) is 4.79 Å². The van der Waals surface area contributed by atoms with Crippen molar-refractivity contribution in [2.24, 2.45) is 0 Å². The maximum absolute atomic E-state index is 12.4. The van der Waals surface area contributed by atoms with Crippen LogP contribution in [0.4, 0.5) is 0 Å². The summed E-state index contributed by atoms with van der Waals surface area (Å²) < 4.78 is 22.9. The molecule has 0 unspecified atom stereocenters. The first-order valence-corrected chi connectivity index (χ1v) is 9.14. The van der Waals surface area contributed by atoms with Gasteiger partial charge < -0.3 is 0 Å². The normalized spacial score (nSPS) is 11.5. The third kappa shape index (κ3) is 3.48. The molecule has 0 radical (unpaired) electrons. The third-order valence-electron chi connectivity index (χ3n) is 3.78. The highest BCUT2D eigenvalue weighted by Crippen LogP contribution is 2.18. The highest BCUT2D eigenvalue weighted by molar-refractivity contribution is 7.90. The number of hydrogen-bond donors (Lipinski definition) is 0. The predicted molar refractivity (Wildman–Crippen MR) is 91.5 cm³/mol. The molecule has 3 nitrogen and oxygen atoms in total. The van der Waals surface area contributed by atoms with E-state index in [0.29, 0.717) is 12.0 Å². The molecule has 3 aromatic rings. The molecule has 0 amide bonds. The van der Waals surface area contributed by atoms with Gasteiger partial charge in [0.2, 0.25) is 0 Å². The largest absolute Gasteiger partial charge is 0.294 e. The number of carbonyl (C=O) groups excluding carboxylic acids is 1. The predicted octanol–water partition coefficient (Wildman–Crippen LogP) is 3.67. The fourth-order valence-corrected chi connectivity index (χ4v) is 3.15. The van der Waals surface area contributed by atoms with Crippen LogP contribution in [0.2, 0.25) is 0 Å². The molecule has 0 aliphatic rings. The molecule has 23 heavy (non-hydrogen) atoms. The zero-order valence-electron chi connectivity index (χ0n) is 12.7. The van der Waals surface area contributed by atoms with Crippen molar-refractivity contribution in [1.29, 1.82) is 0 Å². The van der Waals surface area contributed by atoms with Gasteiger partial charge in [-0.1, -0.05) is 54.6 Å². The second-order valence-electron chi connectivity index (χ2n) is 5.58. The summed E-state index contributed by atoms with van der Waals surface area (Å²) in [5.41, 5.74) is 1.46. The van der Waals surface area contributed by atoms with E-state index < -0.39 is 9.84 Å². The van der Waals surface area contributed by atoms with Crippen molar-refractivity contribution in [2.45, 2.75) is 11.3 Å². The summed E-state index contributed by atoms with van der Waals surface area (Å²) in [5.74, 6) is -0.0275. The number of sulfone groups is 1. The van der Waals surface area contributed by atoms with Crippen molar-refractivity contribution < 1.29 is 13.2 Å². The number of Topliss-reactive ketones (excluding diaryl/α,β-unsaturated/α-hetero) is 1. The Hall–Kier alpha value is -2.46. The highest BCUT2D eigenvalue weighted by atomic mass is 32.2. The van der Waals surface area contributed by atoms with Crippen molar-refractivity contribution in [3.63, 3.8) is 0 Å². The minimum atomic E-state index is -3.24. The smallest absolute Gasteiger partial charge is 0.175 e. The number of hydrogen-bond acceptors (Lipinski definition) is 3. The SMILES string of the molecule is CS(=O)(=O)c1ccc(C(=O)Cc2ccc3ccccc3c2)cc1. The van der Waals surface area contributed by atoms with Gasteiger partial charge in [0.25, 0.3) is 0 Å². The van der Waals surface area contributed by atoms with E-state index in [4.69, 9.17) is 0 Å². The molecule has 0 saturated carbocycles. The molecule has 0 heterocycles. The second-order valence-corrected chi connectivity index (χ2v) is 7.59. The lowest BCUT2D eigenvalue weighted by Crippen LogP contribution is -2.04. The maximum atomic E-state index is 12.4. The van der Waals surface area contributed by atoms with E-state index in [9.17, 15) is 13.2 Å². The first kappa shape index (κ1) is 15.4. The fourth-order valence-electron chi connectivity index (χ4n) is 2.52. The molecule has 0 spiro atoms.